The van der Waals surface area contributed by atoms with Crippen molar-refractivity contribution in [3.63, 3.8) is 0 Å². The van der Waals surface area contributed by atoms with Gasteiger partial charge in [0.15, 0.2) is 5.13 Å². The monoisotopic (exact) mass is 391 g/mol. The van der Waals surface area contributed by atoms with E-state index >= 15 is 0 Å². The van der Waals surface area contributed by atoms with Crippen LogP contribution in [0, 0.1) is 5.82 Å². The van der Waals surface area contributed by atoms with E-state index < -0.39 is 5.82 Å². The Morgan fingerprint density at radius 3 is 2.75 bits per heavy atom. The highest BCUT2D eigenvalue weighted by Gasteiger charge is 2.22. The van der Waals surface area contributed by atoms with Crippen LogP contribution in [0.15, 0.2) is 67.0 Å². The zero-order valence-corrected chi connectivity index (χ0v) is 16.1. The molecule has 28 heavy (non-hydrogen) atoms. The first-order valence-electron chi connectivity index (χ1n) is 9.00. The summed E-state index contributed by atoms with van der Waals surface area (Å²) in [5.41, 5.74) is 3.23. The van der Waals surface area contributed by atoms with Crippen molar-refractivity contribution in [3.05, 3.63) is 89.5 Å². The van der Waals surface area contributed by atoms with Crippen molar-refractivity contribution in [2.45, 2.75) is 19.9 Å². The number of hydrogen-bond donors (Lipinski definition) is 0. The number of carbonyl (C=O) groups is 1. The van der Waals surface area contributed by atoms with Gasteiger partial charge in [0.25, 0.3) is 5.91 Å². The number of nitrogens with zero attached hydrogens (tertiary/aromatic N) is 3. The molecule has 2 heterocycles. The molecule has 0 saturated heterocycles. The molecule has 4 nitrogen and oxygen atoms in total. The van der Waals surface area contributed by atoms with Gasteiger partial charge in [-0.25, -0.2) is 9.37 Å². The minimum absolute atomic E-state index is 0.289. The standard InChI is InChI=1S/C22H18FN3OS/c1-2-15-8-9-19-20(11-15)28-22(25-19)26(14-16-5-4-10-24-13-16)21(27)17-6-3-7-18(23)12-17/h3-13H,2,14H2,1H3. The van der Waals surface area contributed by atoms with Crippen LogP contribution in [0.2, 0.25) is 0 Å². The predicted octanol–water partition coefficient (Wildman–Crippen LogP) is 5.24. The van der Waals surface area contributed by atoms with Gasteiger partial charge in [-0.3, -0.25) is 14.7 Å². The summed E-state index contributed by atoms with van der Waals surface area (Å²) >= 11 is 1.46. The van der Waals surface area contributed by atoms with Gasteiger partial charge in [-0.05, 0) is 53.9 Å². The average molecular weight is 391 g/mol. The third-order valence-electron chi connectivity index (χ3n) is 4.46. The van der Waals surface area contributed by atoms with Crippen LogP contribution in [0.1, 0.15) is 28.4 Å². The Morgan fingerprint density at radius 2 is 2.00 bits per heavy atom. The van der Waals surface area contributed by atoms with Crippen LogP contribution in [0.5, 0.6) is 0 Å². The van der Waals surface area contributed by atoms with E-state index in [4.69, 9.17) is 0 Å². The van der Waals surface area contributed by atoms with Gasteiger partial charge in [-0.2, -0.15) is 0 Å². The second kappa shape index (κ2) is 7.86. The number of carbonyl (C=O) groups excluding carboxylic acids is 1. The third kappa shape index (κ3) is 3.77. The predicted molar refractivity (Wildman–Crippen MR) is 110 cm³/mol. The van der Waals surface area contributed by atoms with E-state index in [0.717, 1.165) is 22.2 Å². The summed E-state index contributed by atoms with van der Waals surface area (Å²) < 4.78 is 14.7. The molecule has 4 aromatic rings. The summed E-state index contributed by atoms with van der Waals surface area (Å²) in [6, 6.07) is 15.6. The minimum atomic E-state index is -0.441. The molecule has 0 unspecified atom stereocenters. The number of aromatic nitrogens is 2. The lowest BCUT2D eigenvalue weighted by Gasteiger charge is -2.20. The zero-order valence-electron chi connectivity index (χ0n) is 15.3. The summed E-state index contributed by atoms with van der Waals surface area (Å²) in [7, 11) is 0. The van der Waals surface area contributed by atoms with Crippen LogP contribution in [0.4, 0.5) is 9.52 Å². The number of thiazole rings is 1. The summed E-state index contributed by atoms with van der Waals surface area (Å²) in [6.45, 7) is 2.41. The van der Waals surface area contributed by atoms with Gasteiger partial charge in [-0.15, -0.1) is 0 Å². The van der Waals surface area contributed by atoms with Gasteiger partial charge in [0.05, 0.1) is 16.8 Å². The van der Waals surface area contributed by atoms with Gasteiger partial charge >= 0.3 is 0 Å². The quantitative estimate of drug-likeness (QED) is 0.467. The first-order valence-corrected chi connectivity index (χ1v) is 9.81. The smallest absolute Gasteiger partial charge is 0.260 e. The van der Waals surface area contributed by atoms with Crippen LogP contribution in [0.25, 0.3) is 10.2 Å². The topological polar surface area (TPSA) is 46.1 Å². The fraction of sp³-hybridized carbons (Fsp3) is 0.136. The number of rotatable bonds is 5. The Kier molecular flexibility index (Phi) is 5.12. The number of aryl methyl sites for hydroxylation is 1. The van der Waals surface area contributed by atoms with Crippen molar-refractivity contribution in [3.8, 4) is 0 Å². The molecule has 4 rings (SSSR count). The highest BCUT2D eigenvalue weighted by atomic mass is 32.1. The van der Waals surface area contributed by atoms with E-state index in [0.29, 0.717) is 11.7 Å². The molecule has 0 aliphatic carbocycles. The van der Waals surface area contributed by atoms with E-state index in [-0.39, 0.29) is 11.5 Å². The van der Waals surface area contributed by atoms with E-state index in [9.17, 15) is 9.18 Å². The van der Waals surface area contributed by atoms with Crippen molar-refractivity contribution >= 4 is 32.6 Å². The van der Waals surface area contributed by atoms with Crippen LogP contribution < -0.4 is 4.90 Å². The SMILES string of the molecule is CCc1ccc2nc(N(Cc3cccnc3)C(=O)c3cccc(F)c3)sc2c1. The van der Waals surface area contributed by atoms with Crippen molar-refractivity contribution in [2.75, 3.05) is 4.90 Å². The van der Waals surface area contributed by atoms with Gasteiger partial charge in [0.2, 0.25) is 0 Å². The largest absolute Gasteiger partial charge is 0.279 e. The van der Waals surface area contributed by atoms with Gasteiger partial charge < -0.3 is 0 Å². The molecule has 0 bridgehead atoms. The Labute approximate surface area is 166 Å². The van der Waals surface area contributed by atoms with Crippen molar-refractivity contribution in [1.82, 2.24) is 9.97 Å². The first-order chi connectivity index (χ1) is 13.6. The summed E-state index contributed by atoms with van der Waals surface area (Å²) in [4.78, 5) is 23.6. The lowest BCUT2D eigenvalue weighted by molar-refractivity contribution is 0.0984. The maximum atomic E-state index is 13.7. The summed E-state index contributed by atoms with van der Waals surface area (Å²) in [6.07, 6.45) is 4.34. The van der Waals surface area contributed by atoms with E-state index in [2.05, 4.69) is 23.0 Å². The van der Waals surface area contributed by atoms with Crippen molar-refractivity contribution in [2.24, 2.45) is 0 Å². The molecule has 0 fully saturated rings. The second-order valence-electron chi connectivity index (χ2n) is 6.41. The van der Waals surface area contributed by atoms with Crippen LogP contribution in [0.3, 0.4) is 0 Å². The normalized spacial score (nSPS) is 10.9. The minimum Gasteiger partial charge on any atom is -0.279 e. The molecule has 0 aliphatic heterocycles. The molecule has 0 radical (unpaired) electrons. The third-order valence-corrected chi connectivity index (χ3v) is 5.50. The molecule has 1 amide bonds. The molecule has 0 spiro atoms. The van der Waals surface area contributed by atoms with Crippen molar-refractivity contribution in [1.29, 1.82) is 0 Å². The molecule has 0 N–H and O–H groups in total. The number of pyridine rings is 1. The lowest BCUT2D eigenvalue weighted by Crippen LogP contribution is -2.30. The second-order valence-corrected chi connectivity index (χ2v) is 7.42. The van der Waals surface area contributed by atoms with E-state index in [1.54, 1.807) is 23.4 Å². The van der Waals surface area contributed by atoms with E-state index in [1.165, 1.54) is 35.1 Å². The maximum Gasteiger partial charge on any atom is 0.260 e. The van der Waals surface area contributed by atoms with Crippen LogP contribution in [-0.4, -0.2) is 15.9 Å². The number of fused-ring (bicyclic) bond motifs is 1. The summed E-state index contributed by atoms with van der Waals surface area (Å²) in [5, 5.41) is 0.585. The number of anilines is 1. The van der Waals surface area contributed by atoms with Gasteiger partial charge in [0.1, 0.15) is 5.82 Å². The molecule has 2 aromatic heterocycles. The van der Waals surface area contributed by atoms with Crippen LogP contribution >= 0.6 is 11.3 Å². The number of hydrogen-bond acceptors (Lipinski definition) is 4. The number of halogens is 1. The lowest BCUT2D eigenvalue weighted by atomic mass is 10.2. The van der Waals surface area contributed by atoms with E-state index in [1.807, 2.05) is 24.3 Å². The molecular weight excluding hydrogens is 373 g/mol. The van der Waals surface area contributed by atoms with Crippen molar-refractivity contribution < 1.29 is 9.18 Å². The fourth-order valence-electron chi connectivity index (χ4n) is 2.97. The average Bonchev–Trinajstić information content (AvgIpc) is 3.15. The maximum absolute atomic E-state index is 13.7. The Morgan fingerprint density at radius 1 is 1.11 bits per heavy atom. The number of benzene rings is 2. The molecule has 0 aliphatic rings. The molecule has 0 atom stereocenters. The van der Waals surface area contributed by atoms with Gasteiger partial charge in [-0.1, -0.05) is 36.5 Å². The molecule has 0 saturated carbocycles. The Hall–Kier alpha value is -3.12. The molecule has 140 valence electrons. The zero-order chi connectivity index (χ0) is 19.5. The van der Waals surface area contributed by atoms with Gasteiger partial charge in [0, 0.05) is 18.0 Å². The molecule has 6 heteroatoms. The first kappa shape index (κ1) is 18.3. The highest BCUT2D eigenvalue weighted by molar-refractivity contribution is 7.22. The Balaban J connectivity index is 1.77. The summed E-state index contributed by atoms with van der Waals surface area (Å²) in [5.74, 6) is -0.734. The van der Waals surface area contributed by atoms with Crippen LogP contribution in [-0.2, 0) is 13.0 Å². The molecular formula is C22H18FN3OS. The fourth-order valence-corrected chi connectivity index (χ4v) is 4.00. The highest BCUT2D eigenvalue weighted by Crippen LogP contribution is 2.31. The number of amides is 1. The molecule has 2 aromatic carbocycles. The Bertz CT molecular complexity index is 1130.